The summed E-state index contributed by atoms with van der Waals surface area (Å²) in [4.78, 5) is 0. The standard InChI is InChI=1S/C9H8Br2ClNO/c1-14-9(13)6-3-2-5(12)4-7(6)8(10)11/h2-4,8,13H,1H3. The maximum absolute atomic E-state index is 7.58. The van der Waals surface area contributed by atoms with Crippen LogP contribution in [0.25, 0.3) is 0 Å². The van der Waals surface area contributed by atoms with Gasteiger partial charge in [0.05, 0.1) is 10.8 Å². The van der Waals surface area contributed by atoms with E-state index in [9.17, 15) is 0 Å². The predicted octanol–water partition coefficient (Wildman–Crippen LogP) is 4.10. The Labute approximate surface area is 104 Å². The zero-order chi connectivity index (χ0) is 10.7. The first kappa shape index (κ1) is 12.0. The van der Waals surface area contributed by atoms with Crippen molar-refractivity contribution < 1.29 is 4.74 Å². The van der Waals surface area contributed by atoms with Crippen LogP contribution in [0.2, 0.25) is 5.02 Å². The van der Waals surface area contributed by atoms with Crippen molar-refractivity contribution in [3.8, 4) is 0 Å². The van der Waals surface area contributed by atoms with E-state index in [2.05, 4.69) is 31.9 Å². The first-order valence-corrected chi connectivity index (χ1v) is 5.97. The van der Waals surface area contributed by atoms with Gasteiger partial charge in [0.1, 0.15) is 0 Å². The highest BCUT2D eigenvalue weighted by molar-refractivity contribution is 9.24. The predicted molar refractivity (Wildman–Crippen MR) is 65.9 cm³/mol. The summed E-state index contributed by atoms with van der Waals surface area (Å²) in [5, 5.41) is 8.21. The number of hydrogen-bond donors (Lipinski definition) is 1. The van der Waals surface area contributed by atoms with Gasteiger partial charge in [-0.1, -0.05) is 43.5 Å². The summed E-state index contributed by atoms with van der Waals surface area (Å²) in [6.07, 6.45) is 0. The lowest BCUT2D eigenvalue weighted by atomic mass is 10.1. The van der Waals surface area contributed by atoms with E-state index >= 15 is 0 Å². The summed E-state index contributed by atoms with van der Waals surface area (Å²) in [5.74, 6) is 0.126. The number of methoxy groups -OCH3 is 1. The van der Waals surface area contributed by atoms with Crippen molar-refractivity contribution in [2.45, 2.75) is 3.74 Å². The first-order valence-electron chi connectivity index (χ1n) is 3.76. The van der Waals surface area contributed by atoms with Crippen molar-refractivity contribution in [3.05, 3.63) is 34.3 Å². The van der Waals surface area contributed by atoms with Gasteiger partial charge >= 0.3 is 0 Å². The maximum atomic E-state index is 7.58. The van der Waals surface area contributed by atoms with Crippen LogP contribution in [-0.4, -0.2) is 13.0 Å². The average Bonchev–Trinajstić information content (AvgIpc) is 2.16. The van der Waals surface area contributed by atoms with Gasteiger partial charge in [-0.05, 0) is 23.8 Å². The molecule has 1 aromatic rings. The average molecular weight is 341 g/mol. The van der Waals surface area contributed by atoms with Gasteiger partial charge in [0.15, 0.2) is 0 Å². The molecule has 5 heteroatoms. The fourth-order valence-electron chi connectivity index (χ4n) is 1.03. The monoisotopic (exact) mass is 339 g/mol. The molecule has 0 aliphatic carbocycles. The number of rotatable bonds is 2. The Morgan fingerprint density at radius 3 is 2.64 bits per heavy atom. The summed E-state index contributed by atoms with van der Waals surface area (Å²) in [6, 6.07) is 5.29. The molecule has 0 unspecified atom stereocenters. The van der Waals surface area contributed by atoms with E-state index < -0.39 is 0 Å². The zero-order valence-electron chi connectivity index (χ0n) is 7.35. The van der Waals surface area contributed by atoms with Crippen LogP contribution in [0.15, 0.2) is 18.2 Å². The molecule has 1 rings (SSSR count). The molecule has 1 N–H and O–H groups in total. The van der Waals surface area contributed by atoms with Crippen molar-refractivity contribution in [1.29, 1.82) is 5.41 Å². The molecular weight excluding hydrogens is 333 g/mol. The number of nitrogens with one attached hydrogen (secondary N) is 1. The summed E-state index contributed by atoms with van der Waals surface area (Å²) in [7, 11) is 1.47. The highest BCUT2D eigenvalue weighted by Gasteiger charge is 2.13. The molecule has 0 atom stereocenters. The molecule has 0 saturated heterocycles. The summed E-state index contributed by atoms with van der Waals surface area (Å²) in [5.41, 5.74) is 1.60. The Morgan fingerprint density at radius 2 is 2.14 bits per heavy atom. The van der Waals surface area contributed by atoms with Crippen molar-refractivity contribution >= 4 is 49.4 Å². The van der Waals surface area contributed by atoms with Gasteiger partial charge in [-0.15, -0.1) is 0 Å². The fourth-order valence-corrected chi connectivity index (χ4v) is 1.97. The lowest BCUT2D eigenvalue weighted by Gasteiger charge is -2.10. The lowest BCUT2D eigenvalue weighted by molar-refractivity contribution is 0.401. The minimum Gasteiger partial charge on any atom is -0.481 e. The molecular formula is C9H8Br2ClNO. The number of alkyl halides is 2. The lowest BCUT2D eigenvalue weighted by Crippen LogP contribution is -2.05. The van der Waals surface area contributed by atoms with Crippen molar-refractivity contribution in [1.82, 2.24) is 0 Å². The van der Waals surface area contributed by atoms with Crippen LogP contribution in [0.1, 0.15) is 14.9 Å². The van der Waals surface area contributed by atoms with Crippen molar-refractivity contribution in [2.75, 3.05) is 7.11 Å². The molecule has 2 nitrogen and oxygen atoms in total. The number of ether oxygens (including phenoxy) is 1. The van der Waals surface area contributed by atoms with Crippen LogP contribution in [-0.2, 0) is 4.74 Å². The molecule has 0 fully saturated rings. The van der Waals surface area contributed by atoms with Crippen molar-refractivity contribution in [3.63, 3.8) is 0 Å². The molecule has 0 amide bonds. The fraction of sp³-hybridized carbons (Fsp3) is 0.222. The Bertz CT molecular complexity index is 355. The SMILES string of the molecule is COC(=N)c1ccc(Cl)cc1C(Br)Br. The molecule has 0 heterocycles. The van der Waals surface area contributed by atoms with Crippen molar-refractivity contribution in [2.24, 2.45) is 0 Å². The molecule has 76 valence electrons. The van der Waals surface area contributed by atoms with E-state index in [-0.39, 0.29) is 9.63 Å². The normalized spacial score (nSPS) is 10.4. The molecule has 0 radical (unpaired) electrons. The van der Waals surface area contributed by atoms with Crippen LogP contribution in [0.5, 0.6) is 0 Å². The van der Waals surface area contributed by atoms with Crippen LogP contribution in [0, 0.1) is 5.41 Å². The van der Waals surface area contributed by atoms with E-state index in [1.54, 1.807) is 18.2 Å². The quantitative estimate of drug-likeness (QED) is 0.490. The summed E-state index contributed by atoms with van der Waals surface area (Å²) in [6.45, 7) is 0. The Kier molecular flexibility index (Phi) is 4.41. The van der Waals surface area contributed by atoms with Gasteiger partial charge in [0, 0.05) is 10.6 Å². The third-order valence-electron chi connectivity index (χ3n) is 1.70. The van der Waals surface area contributed by atoms with Crippen LogP contribution >= 0.6 is 43.5 Å². The number of benzene rings is 1. The summed E-state index contributed by atoms with van der Waals surface area (Å²) < 4.78 is 4.82. The third-order valence-corrected chi connectivity index (χ3v) is 2.92. The van der Waals surface area contributed by atoms with Crippen LogP contribution < -0.4 is 0 Å². The topological polar surface area (TPSA) is 33.1 Å². The third kappa shape index (κ3) is 2.72. The van der Waals surface area contributed by atoms with Crippen LogP contribution in [0.4, 0.5) is 0 Å². The Hall–Kier alpha value is -0.0600. The molecule has 0 bridgehead atoms. The smallest absolute Gasteiger partial charge is 0.213 e. The van der Waals surface area contributed by atoms with Gasteiger partial charge < -0.3 is 4.74 Å². The highest BCUT2D eigenvalue weighted by atomic mass is 79.9. The Morgan fingerprint density at radius 1 is 1.50 bits per heavy atom. The van der Waals surface area contributed by atoms with Gasteiger partial charge in [-0.3, -0.25) is 5.41 Å². The molecule has 1 aromatic carbocycles. The Balaban J connectivity index is 3.21. The summed E-state index contributed by atoms with van der Waals surface area (Å²) >= 11 is 12.6. The minimum absolute atomic E-state index is 0.0424. The zero-order valence-corrected chi connectivity index (χ0v) is 11.3. The molecule has 0 saturated carbocycles. The van der Waals surface area contributed by atoms with Gasteiger partial charge in [-0.2, -0.15) is 0 Å². The minimum atomic E-state index is -0.0424. The molecule has 14 heavy (non-hydrogen) atoms. The number of halogens is 3. The largest absolute Gasteiger partial charge is 0.481 e. The van der Waals surface area contributed by atoms with E-state index in [1.807, 2.05) is 0 Å². The molecule has 0 spiro atoms. The molecule has 0 aliphatic heterocycles. The maximum Gasteiger partial charge on any atom is 0.213 e. The second-order valence-corrected chi connectivity index (χ2v) is 6.06. The number of hydrogen-bond acceptors (Lipinski definition) is 2. The molecule has 0 aromatic heterocycles. The second kappa shape index (κ2) is 5.14. The van der Waals surface area contributed by atoms with Crippen LogP contribution in [0.3, 0.4) is 0 Å². The van der Waals surface area contributed by atoms with E-state index in [0.29, 0.717) is 5.02 Å². The van der Waals surface area contributed by atoms with Gasteiger partial charge in [0.25, 0.3) is 0 Å². The van der Waals surface area contributed by atoms with E-state index in [0.717, 1.165) is 11.1 Å². The van der Waals surface area contributed by atoms with Gasteiger partial charge in [-0.25, -0.2) is 0 Å². The second-order valence-electron chi connectivity index (χ2n) is 2.57. The highest BCUT2D eigenvalue weighted by Crippen LogP contribution is 2.33. The van der Waals surface area contributed by atoms with Gasteiger partial charge in [0.2, 0.25) is 5.90 Å². The first-order chi connectivity index (χ1) is 6.56. The van der Waals surface area contributed by atoms with E-state index in [4.69, 9.17) is 21.7 Å². The van der Waals surface area contributed by atoms with E-state index in [1.165, 1.54) is 7.11 Å². The molecule has 0 aliphatic rings.